The number of carboxylic acids is 1. The van der Waals surface area contributed by atoms with E-state index in [1.165, 1.54) is 12.1 Å². The van der Waals surface area contributed by atoms with Gasteiger partial charge in [-0.15, -0.1) is 0 Å². The lowest BCUT2D eigenvalue weighted by atomic mass is 10.1. The fourth-order valence-electron chi connectivity index (χ4n) is 3.02. The number of benzene rings is 2. The van der Waals surface area contributed by atoms with Crippen LogP contribution in [0.2, 0.25) is 0 Å². The summed E-state index contributed by atoms with van der Waals surface area (Å²) < 4.78 is 88.4. The molecule has 1 aromatic heterocycles. The molecule has 0 saturated carbocycles. The molecule has 0 atom stereocenters. The Morgan fingerprint density at radius 3 is 2.29 bits per heavy atom. The maximum Gasteiger partial charge on any atom is 0.418 e. The molecule has 164 valence electrons. The maximum absolute atomic E-state index is 14.3. The molecule has 31 heavy (non-hydrogen) atoms. The number of aryl methyl sites for hydroxylation is 1. The number of alkyl halides is 3. The van der Waals surface area contributed by atoms with Crippen LogP contribution in [0.25, 0.3) is 5.69 Å². The number of hydrogen-bond acceptors (Lipinski definition) is 2. The Morgan fingerprint density at radius 2 is 1.71 bits per heavy atom. The van der Waals surface area contributed by atoms with E-state index in [4.69, 9.17) is 9.84 Å². The second-order valence-electron chi connectivity index (χ2n) is 6.59. The summed E-state index contributed by atoms with van der Waals surface area (Å²) in [4.78, 5) is 10.6. The first-order valence-corrected chi connectivity index (χ1v) is 8.92. The van der Waals surface area contributed by atoms with Gasteiger partial charge in [0.2, 0.25) is 0 Å². The molecule has 10 heteroatoms. The van der Waals surface area contributed by atoms with Crippen molar-refractivity contribution in [1.29, 1.82) is 0 Å². The van der Waals surface area contributed by atoms with Crippen LogP contribution in [0, 0.1) is 17.5 Å². The van der Waals surface area contributed by atoms with Gasteiger partial charge in [-0.1, -0.05) is 6.07 Å². The number of nitrogens with zero attached hydrogens (tertiary/aromatic N) is 1. The van der Waals surface area contributed by atoms with Gasteiger partial charge >= 0.3 is 12.1 Å². The molecule has 3 aromatic rings. The van der Waals surface area contributed by atoms with E-state index < -0.39 is 53.2 Å². The van der Waals surface area contributed by atoms with Gasteiger partial charge in [-0.3, -0.25) is 4.79 Å². The fraction of sp³-hybridized carbons (Fsp3) is 0.190. The Morgan fingerprint density at radius 1 is 1.03 bits per heavy atom. The Balaban J connectivity index is 1.92. The molecular weight excluding hydrogens is 428 g/mol. The van der Waals surface area contributed by atoms with Crippen LogP contribution < -0.4 is 4.74 Å². The summed E-state index contributed by atoms with van der Waals surface area (Å²) in [7, 11) is 0. The van der Waals surface area contributed by atoms with Gasteiger partial charge < -0.3 is 14.4 Å². The molecule has 0 unspecified atom stereocenters. The first kappa shape index (κ1) is 22.3. The van der Waals surface area contributed by atoms with E-state index in [1.807, 2.05) is 0 Å². The van der Waals surface area contributed by atoms with Crippen molar-refractivity contribution in [3.05, 3.63) is 82.9 Å². The zero-order chi connectivity index (χ0) is 22.8. The largest absolute Gasteiger partial charge is 0.481 e. The van der Waals surface area contributed by atoms with Gasteiger partial charge in [0, 0.05) is 18.3 Å². The molecule has 1 heterocycles. The molecule has 2 aromatic carbocycles. The molecule has 1 N–H and O–H groups in total. The van der Waals surface area contributed by atoms with Crippen molar-refractivity contribution in [3.8, 4) is 11.4 Å². The van der Waals surface area contributed by atoms with E-state index in [0.29, 0.717) is 0 Å². The van der Waals surface area contributed by atoms with Crippen LogP contribution in [0.3, 0.4) is 0 Å². The van der Waals surface area contributed by atoms with Crippen molar-refractivity contribution in [3.63, 3.8) is 0 Å². The van der Waals surface area contributed by atoms with Gasteiger partial charge in [0.05, 0.1) is 11.3 Å². The van der Waals surface area contributed by atoms with E-state index in [-0.39, 0.29) is 24.1 Å². The number of rotatable bonds is 7. The molecule has 0 fully saturated rings. The molecule has 0 spiro atoms. The second-order valence-corrected chi connectivity index (χ2v) is 6.59. The number of carboxylic acid groups (broad SMARTS) is 1. The third-order valence-corrected chi connectivity index (χ3v) is 4.42. The van der Waals surface area contributed by atoms with Crippen molar-refractivity contribution in [2.45, 2.75) is 25.6 Å². The molecule has 0 saturated heterocycles. The molecule has 0 aliphatic heterocycles. The average molecular weight is 443 g/mol. The van der Waals surface area contributed by atoms with E-state index in [0.717, 1.165) is 41.1 Å². The topological polar surface area (TPSA) is 51.5 Å². The SMILES string of the molecule is O=C(O)CCc1cc(F)c(OCc2c(C(F)(F)F)ccn2-c2cccc(F)c2)c(F)c1. The van der Waals surface area contributed by atoms with Crippen molar-refractivity contribution in [2.24, 2.45) is 0 Å². The number of halogens is 6. The minimum atomic E-state index is -4.78. The van der Waals surface area contributed by atoms with E-state index in [2.05, 4.69) is 0 Å². The molecule has 0 bridgehead atoms. The highest BCUT2D eigenvalue weighted by atomic mass is 19.4. The lowest BCUT2D eigenvalue weighted by Crippen LogP contribution is -2.13. The highest BCUT2D eigenvalue weighted by molar-refractivity contribution is 5.67. The third kappa shape index (κ3) is 5.19. The molecule has 4 nitrogen and oxygen atoms in total. The Bertz CT molecular complexity index is 1080. The molecule has 0 radical (unpaired) electrons. The Kier molecular flexibility index (Phi) is 6.28. The smallest absolute Gasteiger partial charge is 0.418 e. The minimum absolute atomic E-state index is 0.0591. The van der Waals surface area contributed by atoms with Crippen LogP contribution in [-0.4, -0.2) is 15.6 Å². The van der Waals surface area contributed by atoms with Crippen molar-refractivity contribution in [1.82, 2.24) is 4.57 Å². The predicted molar refractivity (Wildman–Crippen MR) is 97.4 cm³/mol. The first-order valence-electron chi connectivity index (χ1n) is 8.92. The molecule has 3 rings (SSSR count). The lowest BCUT2D eigenvalue weighted by molar-refractivity contribution is -0.139. The quantitative estimate of drug-likeness (QED) is 0.490. The third-order valence-electron chi connectivity index (χ3n) is 4.42. The summed E-state index contributed by atoms with van der Waals surface area (Å²) in [5.74, 6) is -5.10. The lowest BCUT2D eigenvalue weighted by Gasteiger charge is -2.15. The van der Waals surface area contributed by atoms with Gasteiger partial charge in [0.1, 0.15) is 12.4 Å². The summed E-state index contributed by atoms with van der Waals surface area (Å²) in [6.07, 6.45) is -4.22. The number of hydrogen-bond donors (Lipinski definition) is 1. The van der Waals surface area contributed by atoms with Crippen LogP contribution in [0.4, 0.5) is 26.3 Å². The van der Waals surface area contributed by atoms with Crippen LogP contribution in [0.1, 0.15) is 23.2 Å². The van der Waals surface area contributed by atoms with Gasteiger partial charge in [0.15, 0.2) is 17.4 Å². The normalized spacial score (nSPS) is 11.5. The summed E-state index contributed by atoms with van der Waals surface area (Å²) >= 11 is 0. The number of ether oxygens (including phenoxy) is 1. The summed E-state index contributed by atoms with van der Waals surface area (Å²) in [6, 6.07) is 7.26. The predicted octanol–water partition coefficient (Wildman–Crippen LogP) is 5.51. The Hall–Kier alpha value is -3.43. The van der Waals surface area contributed by atoms with Crippen LogP contribution in [0.5, 0.6) is 5.75 Å². The fourth-order valence-corrected chi connectivity index (χ4v) is 3.02. The van der Waals surface area contributed by atoms with Crippen LogP contribution in [-0.2, 0) is 24.0 Å². The first-order chi connectivity index (χ1) is 14.6. The van der Waals surface area contributed by atoms with Gasteiger partial charge in [-0.25, -0.2) is 13.2 Å². The zero-order valence-corrected chi connectivity index (χ0v) is 15.7. The van der Waals surface area contributed by atoms with Crippen molar-refractivity contribution in [2.75, 3.05) is 0 Å². The number of aliphatic carboxylic acids is 1. The molecular formula is C21H15F6NO3. The average Bonchev–Trinajstić information content (AvgIpc) is 3.10. The van der Waals surface area contributed by atoms with Gasteiger partial charge in [-0.05, 0) is 48.4 Å². The monoisotopic (exact) mass is 443 g/mol. The van der Waals surface area contributed by atoms with Crippen molar-refractivity contribution >= 4 is 5.97 Å². The maximum atomic E-state index is 14.3. The summed E-state index contributed by atoms with van der Waals surface area (Å²) in [6.45, 7) is -0.860. The van der Waals surface area contributed by atoms with E-state index in [9.17, 15) is 31.1 Å². The molecule has 0 aliphatic rings. The Labute approximate surface area is 172 Å². The highest BCUT2D eigenvalue weighted by Crippen LogP contribution is 2.35. The summed E-state index contributed by atoms with van der Waals surface area (Å²) in [5.41, 5.74) is -1.45. The van der Waals surface area contributed by atoms with Crippen molar-refractivity contribution < 1.29 is 41.0 Å². The molecule has 0 aliphatic carbocycles. The number of aromatic nitrogens is 1. The summed E-state index contributed by atoms with van der Waals surface area (Å²) in [5, 5.41) is 8.66. The standard InChI is InChI=1S/C21H15F6NO3/c22-13-2-1-3-14(10-13)28-7-6-15(21(25,26)27)18(28)11-31-20-16(23)8-12(9-17(20)24)4-5-19(29)30/h1-3,6-10H,4-5,11H2,(H,29,30). The highest BCUT2D eigenvalue weighted by Gasteiger charge is 2.36. The van der Waals surface area contributed by atoms with Gasteiger partial charge in [0.25, 0.3) is 0 Å². The zero-order valence-electron chi connectivity index (χ0n) is 15.7. The van der Waals surface area contributed by atoms with E-state index in [1.54, 1.807) is 0 Å². The number of carbonyl (C=O) groups is 1. The minimum Gasteiger partial charge on any atom is -0.481 e. The van der Waals surface area contributed by atoms with Gasteiger partial charge in [-0.2, -0.15) is 13.2 Å². The molecule has 0 amide bonds. The van der Waals surface area contributed by atoms with Crippen LogP contribution >= 0.6 is 0 Å². The van der Waals surface area contributed by atoms with E-state index >= 15 is 0 Å². The second kappa shape index (κ2) is 8.75. The van der Waals surface area contributed by atoms with Crippen LogP contribution in [0.15, 0.2) is 48.7 Å².